The number of ether oxygens (including phenoxy) is 1. The van der Waals surface area contributed by atoms with Crippen LogP contribution < -0.4 is 10.1 Å². The number of nitrogens with one attached hydrogen (secondary N) is 1. The van der Waals surface area contributed by atoms with Gasteiger partial charge in [0.25, 0.3) is 0 Å². The molecule has 0 saturated heterocycles. The van der Waals surface area contributed by atoms with Gasteiger partial charge in [-0.05, 0) is 20.3 Å². The van der Waals surface area contributed by atoms with Gasteiger partial charge in [-0.3, -0.25) is 9.19 Å². The van der Waals surface area contributed by atoms with Crippen molar-refractivity contribution in [2.24, 2.45) is 0 Å². The Labute approximate surface area is 112 Å². The van der Waals surface area contributed by atoms with Crippen LogP contribution in [0.3, 0.4) is 0 Å². The molecule has 0 aromatic carbocycles. The Bertz CT molecular complexity index is 410. The number of aromatic nitrogens is 1. The number of methoxy groups -OCH3 is 1. The molecule has 0 radical (unpaired) electrons. The number of nitrogens with zero attached hydrogens (tertiary/aromatic N) is 1. The van der Waals surface area contributed by atoms with E-state index in [2.05, 4.69) is 17.2 Å². The predicted octanol–water partition coefficient (Wildman–Crippen LogP) is 1.65. The average molecular weight is 270 g/mol. The number of hydrogen-bond acceptors (Lipinski definition) is 4. The fraction of sp³-hybridized carbons (Fsp3) is 0.615. The second-order valence-electron chi connectivity index (χ2n) is 4.49. The Kier molecular flexibility index (Phi) is 6.29. The van der Waals surface area contributed by atoms with Crippen LogP contribution in [0.4, 0.5) is 0 Å². The molecule has 0 aliphatic carbocycles. The summed E-state index contributed by atoms with van der Waals surface area (Å²) < 4.78 is 16.2. The highest BCUT2D eigenvalue weighted by Gasteiger charge is 2.05. The van der Waals surface area contributed by atoms with Crippen LogP contribution in [0, 0.1) is 6.92 Å². The van der Waals surface area contributed by atoms with Gasteiger partial charge in [0.1, 0.15) is 5.75 Å². The van der Waals surface area contributed by atoms with E-state index in [4.69, 9.17) is 4.74 Å². The zero-order valence-corrected chi connectivity index (χ0v) is 12.3. The minimum Gasteiger partial charge on any atom is -0.497 e. The highest BCUT2D eigenvalue weighted by molar-refractivity contribution is 7.84. The topological polar surface area (TPSA) is 51.2 Å². The quantitative estimate of drug-likeness (QED) is 0.818. The lowest BCUT2D eigenvalue weighted by Gasteiger charge is -2.13. The summed E-state index contributed by atoms with van der Waals surface area (Å²) in [6.45, 7) is 4.76. The van der Waals surface area contributed by atoms with E-state index >= 15 is 0 Å². The molecule has 1 N–H and O–H groups in total. The number of rotatable bonds is 7. The molecule has 4 nitrogen and oxygen atoms in total. The fourth-order valence-corrected chi connectivity index (χ4v) is 2.32. The van der Waals surface area contributed by atoms with Crippen molar-refractivity contribution >= 4 is 10.8 Å². The molecule has 0 saturated carbocycles. The smallest absolute Gasteiger partial charge is 0.122 e. The maximum atomic E-state index is 11.0. The highest BCUT2D eigenvalue weighted by Crippen LogP contribution is 2.13. The second-order valence-corrected chi connectivity index (χ2v) is 6.04. The normalized spacial score (nSPS) is 14.2. The molecule has 0 spiro atoms. The van der Waals surface area contributed by atoms with E-state index in [0.717, 1.165) is 29.3 Å². The molecule has 18 heavy (non-hydrogen) atoms. The van der Waals surface area contributed by atoms with Crippen molar-refractivity contribution in [3.05, 3.63) is 23.5 Å². The van der Waals surface area contributed by atoms with Crippen LogP contribution in [0.25, 0.3) is 0 Å². The average Bonchev–Trinajstić information content (AvgIpc) is 2.33. The van der Waals surface area contributed by atoms with Crippen LogP contribution in [0.5, 0.6) is 5.75 Å². The summed E-state index contributed by atoms with van der Waals surface area (Å²) in [5.74, 6) is 1.57. The Morgan fingerprint density at radius 2 is 2.22 bits per heavy atom. The summed E-state index contributed by atoms with van der Waals surface area (Å²) >= 11 is 0. The van der Waals surface area contributed by atoms with E-state index in [1.165, 1.54) is 0 Å². The first-order chi connectivity index (χ1) is 8.51. The number of pyridine rings is 1. The van der Waals surface area contributed by atoms with Crippen LogP contribution in [-0.2, 0) is 17.3 Å². The molecule has 5 heteroatoms. The van der Waals surface area contributed by atoms with Crippen LogP contribution >= 0.6 is 0 Å². The molecule has 0 bridgehead atoms. The maximum Gasteiger partial charge on any atom is 0.122 e. The molecule has 0 fully saturated rings. The monoisotopic (exact) mass is 270 g/mol. The Morgan fingerprint density at radius 1 is 1.50 bits per heavy atom. The first-order valence-electron chi connectivity index (χ1n) is 6.06. The van der Waals surface area contributed by atoms with Crippen molar-refractivity contribution in [2.75, 3.05) is 19.1 Å². The molecule has 2 unspecified atom stereocenters. The van der Waals surface area contributed by atoms with E-state index in [-0.39, 0.29) is 0 Å². The molecule has 1 aromatic heterocycles. The van der Waals surface area contributed by atoms with Crippen LogP contribution in [0.2, 0.25) is 0 Å². The van der Waals surface area contributed by atoms with Gasteiger partial charge >= 0.3 is 0 Å². The summed E-state index contributed by atoms with van der Waals surface area (Å²) in [5, 5.41) is 3.38. The van der Waals surface area contributed by atoms with E-state index in [9.17, 15) is 4.21 Å². The van der Waals surface area contributed by atoms with Gasteiger partial charge in [-0.1, -0.05) is 0 Å². The Morgan fingerprint density at radius 3 is 2.83 bits per heavy atom. The number of aryl methyl sites for hydroxylation is 1. The standard InChI is InChI=1S/C13H22N2O2S/c1-10(5-6-18(4)16)14-9-12-8-13(17-3)7-11(2)15-12/h7-8,10,14H,5-6,9H2,1-4H3. The SMILES string of the molecule is COc1cc(C)nc(CNC(C)CCS(C)=O)c1. The van der Waals surface area contributed by atoms with E-state index in [1.807, 2.05) is 19.1 Å². The van der Waals surface area contributed by atoms with Crippen molar-refractivity contribution in [2.45, 2.75) is 32.9 Å². The molecule has 102 valence electrons. The molecule has 0 aliphatic rings. The van der Waals surface area contributed by atoms with Crippen molar-refractivity contribution < 1.29 is 8.95 Å². The third-order valence-corrected chi connectivity index (χ3v) is 3.50. The van der Waals surface area contributed by atoms with Crippen molar-refractivity contribution in [3.63, 3.8) is 0 Å². The number of hydrogen-bond donors (Lipinski definition) is 1. The van der Waals surface area contributed by atoms with Gasteiger partial charge in [-0.25, -0.2) is 0 Å². The third kappa shape index (κ3) is 5.60. The lowest BCUT2D eigenvalue weighted by molar-refractivity contribution is 0.412. The highest BCUT2D eigenvalue weighted by atomic mass is 32.2. The van der Waals surface area contributed by atoms with Gasteiger partial charge in [0.15, 0.2) is 0 Å². The van der Waals surface area contributed by atoms with Crippen LogP contribution in [-0.4, -0.2) is 34.4 Å². The van der Waals surface area contributed by atoms with Gasteiger partial charge in [-0.15, -0.1) is 0 Å². The van der Waals surface area contributed by atoms with Gasteiger partial charge in [0.2, 0.25) is 0 Å². The van der Waals surface area contributed by atoms with E-state index in [0.29, 0.717) is 12.6 Å². The lowest BCUT2D eigenvalue weighted by atomic mass is 10.2. The summed E-state index contributed by atoms with van der Waals surface area (Å²) in [5.41, 5.74) is 1.92. The largest absolute Gasteiger partial charge is 0.497 e. The van der Waals surface area contributed by atoms with Gasteiger partial charge < -0.3 is 10.1 Å². The van der Waals surface area contributed by atoms with Crippen molar-refractivity contribution in [3.8, 4) is 5.75 Å². The summed E-state index contributed by atoms with van der Waals surface area (Å²) in [4.78, 5) is 4.45. The summed E-state index contributed by atoms with van der Waals surface area (Å²) in [6.07, 6.45) is 2.64. The molecular formula is C13H22N2O2S. The molecular weight excluding hydrogens is 248 g/mol. The Hall–Kier alpha value is -0.940. The van der Waals surface area contributed by atoms with E-state index in [1.54, 1.807) is 13.4 Å². The van der Waals surface area contributed by atoms with Gasteiger partial charge in [0.05, 0.1) is 12.8 Å². The van der Waals surface area contributed by atoms with Crippen molar-refractivity contribution in [1.29, 1.82) is 0 Å². The minimum atomic E-state index is -0.719. The zero-order valence-electron chi connectivity index (χ0n) is 11.5. The summed E-state index contributed by atoms with van der Waals surface area (Å²) in [6, 6.07) is 4.18. The molecule has 0 amide bonds. The van der Waals surface area contributed by atoms with Gasteiger partial charge in [0, 0.05) is 53.2 Å². The second kappa shape index (κ2) is 7.48. The first kappa shape index (κ1) is 15.1. The molecule has 0 aliphatic heterocycles. The van der Waals surface area contributed by atoms with Crippen LogP contribution in [0.1, 0.15) is 24.7 Å². The van der Waals surface area contributed by atoms with Gasteiger partial charge in [-0.2, -0.15) is 0 Å². The van der Waals surface area contributed by atoms with Crippen molar-refractivity contribution in [1.82, 2.24) is 10.3 Å². The molecule has 1 heterocycles. The lowest BCUT2D eigenvalue weighted by Crippen LogP contribution is -2.27. The maximum absolute atomic E-state index is 11.0. The van der Waals surface area contributed by atoms with Crippen LogP contribution in [0.15, 0.2) is 12.1 Å². The zero-order chi connectivity index (χ0) is 13.5. The Balaban J connectivity index is 2.47. The molecule has 1 rings (SSSR count). The fourth-order valence-electron chi connectivity index (χ4n) is 1.63. The first-order valence-corrected chi connectivity index (χ1v) is 7.79. The van der Waals surface area contributed by atoms with E-state index < -0.39 is 10.8 Å². The minimum absolute atomic E-state index is 0.335. The summed E-state index contributed by atoms with van der Waals surface area (Å²) in [7, 11) is 0.939. The third-order valence-electron chi connectivity index (χ3n) is 2.69. The predicted molar refractivity (Wildman–Crippen MR) is 75.4 cm³/mol. The molecule has 2 atom stereocenters. The molecule has 1 aromatic rings.